The highest BCUT2D eigenvalue weighted by molar-refractivity contribution is 6.30. The average Bonchev–Trinajstić information content (AvgIpc) is 3.24. The highest BCUT2D eigenvalue weighted by atomic mass is 35.5. The first-order valence-electron chi connectivity index (χ1n) is 7.05. The van der Waals surface area contributed by atoms with Crippen molar-refractivity contribution in [3.05, 3.63) is 29.3 Å². The van der Waals surface area contributed by atoms with Crippen molar-refractivity contribution in [2.24, 2.45) is 5.92 Å². The Labute approximate surface area is 114 Å². The fourth-order valence-corrected chi connectivity index (χ4v) is 2.53. The molecular formula is C15H21ClN2. The van der Waals surface area contributed by atoms with Gasteiger partial charge in [0.15, 0.2) is 0 Å². The van der Waals surface area contributed by atoms with E-state index >= 15 is 0 Å². The van der Waals surface area contributed by atoms with Crippen LogP contribution in [0.15, 0.2) is 24.3 Å². The second-order valence-corrected chi connectivity index (χ2v) is 6.04. The summed E-state index contributed by atoms with van der Waals surface area (Å²) in [6.07, 6.45) is 5.73. The molecule has 2 saturated carbocycles. The Bertz CT molecular complexity index is 382. The van der Waals surface area contributed by atoms with Crippen LogP contribution in [-0.4, -0.2) is 30.6 Å². The van der Waals surface area contributed by atoms with Crippen molar-refractivity contribution in [1.82, 2.24) is 4.90 Å². The quantitative estimate of drug-likeness (QED) is 0.809. The van der Waals surface area contributed by atoms with Crippen LogP contribution in [0.5, 0.6) is 0 Å². The molecule has 2 aliphatic carbocycles. The molecule has 18 heavy (non-hydrogen) atoms. The van der Waals surface area contributed by atoms with Crippen LogP contribution in [0.2, 0.25) is 5.02 Å². The van der Waals surface area contributed by atoms with Crippen LogP contribution in [0.3, 0.4) is 0 Å². The van der Waals surface area contributed by atoms with E-state index in [1.165, 1.54) is 44.5 Å². The minimum atomic E-state index is 0.800. The molecule has 2 aliphatic rings. The minimum absolute atomic E-state index is 0.800. The van der Waals surface area contributed by atoms with Crippen molar-refractivity contribution >= 4 is 17.3 Å². The van der Waals surface area contributed by atoms with E-state index in [-0.39, 0.29) is 0 Å². The van der Waals surface area contributed by atoms with Crippen LogP contribution in [0.25, 0.3) is 0 Å². The Hall–Kier alpha value is -0.730. The zero-order valence-electron chi connectivity index (χ0n) is 10.7. The van der Waals surface area contributed by atoms with E-state index in [1.807, 2.05) is 24.3 Å². The van der Waals surface area contributed by atoms with E-state index in [4.69, 9.17) is 11.6 Å². The summed E-state index contributed by atoms with van der Waals surface area (Å²) in [5.74, 6) is 1.00. The number of rotatable bonds is 7. The summed E-state index contributed by atoms with van der Waals surface area (Å²) >= 11 is 5.87. The molecule has 0 saturated heterocycles. The number of halogens is 1. The zero-order chi connectivity index (χ0) is 12.4. The standard InChI is InChI=1S/C15H21ClN2/c16-13-3-5-14(6-4-13)17-9-10-18(15-7-8-15)11-12-1-2-12/h3-6,12,15,17H,1-2,7-11H2. The first-order valence-corrected chi connectivity index (χ1v) is 7.42. The molecule has 0 heterocycles. The maximum atomic E-state index is 5.87. The summed E-state index contributed by atoms with van der Waals surface area (Å²) in [4.78, 5) is 2.68. The molecule has 98 valence electrons. The molecule has 3 heteroatoms. The molecular weight excluding hydrogens is 244 g/mol. The molecule has 3 rings (SSSR count). The number of nitrogens with zero attached hydrogens (tertiary/aromatic N) is 1. The van der Waals surface area contributed by atoms with Crippen molar-refractivity contribution in [1.29, 1.82) is 0 Å². The second-order valence-electron chi connectivity index (χ2n) is 5.60. The van der Waals surface area contributed by atoms with Gasteiger partial charge in [0.2, 0.25) is 0 Å². The van der Waals surface area contributed by atoms with E-state index < -0.39 is 0 Å². The van der Waals surface area contributed by atoms with Gasteiger partial charge in [-0.25, -0.2) is 0 Å². The number of hydrogen-bond donors (Lipinski definition) is 1. The summed E-state index contributed by atoms with van der Waals surface area (Å²) in [6.45, 7) is 3.53. The Morgan fingerprint density at radius 1 is 1.11 bits per heavy atom. The molecule has 0 aromatic heterocycles. The maximum Gasteiger partial charge on any atom is 0.0407 e. The van der Waals surface area contributed by atoms with E-state index in [2.05, 4.69) is 10.2 Å². The van der Waals surface area contributed by atoms with Gasteiger partial charge in [0, 0.05) is 36.4 Å². The lowest BCUT2D eigenvalue weighted by Crippen LogP contribution is -2.33. The molecule has 0 atom stereocenters. The van der Waals surface area contributed by atoms with Crippen LogP contribution >= 0.6 is 11.6 Å². The minimum Gasteiger partial charge on any atom is -0.384 e. The molecule has 1 aromatic rings. The summed E-state index contributed by atoms with van der Waals surface area (Å²) in [7, 11) is 0. The van der Waals surface area contributed by atoms with Gasteiger partial charge in [0.1, 0.15) is 0 Å². The second kappa shape index (κ2) is 5.50. The van der Waals surface area contributed by atoms with E-state index in [0.717, 1.165) is 23.5 Å². The predicted octanol–water partition coefficient (Wildman–Crippen LogP) is 3.63. The number of nitrogens with one attached hydrogen (secondary N) is 1. The van der Waals surface area contributed by atoms with Crippen LogP contribution in [0.1, 0.15) is 25.7 Å². The van der Waals surface area contributed by atoms with Gasteiger partial charge in [0.25, 0.3) is 0 Å². The molecule has 0 amide bonds. The summed E-state index contributed by atoms with van der Waals surface area (Å²) in [5.41, 5.74) is 1.17. The van der Waals surface area contributed by atoms with Crippen LogP contribution in [-0.2, 0) is 0 Å². The zero-order valence-corrected chi connectivity index (χ0v) is 11.5. The van der Waals surface area contributed by atoms with E-state index in [9.17, 15) is 0 Å². The van der Waals surface area contributed by atoms with Gasteiger partial charge in [-0.3, -0.25) is 4.90 Å². The lowest BCUT2D eigenvalue weighted by atomic mass is 10.3. The smallest absolute Gasteiger partial charge is 0.0407 e. The highest BCUT2D eigenvalue weighted by Gasteiger charge is 2.33. The molecule has 1 N–H and O–H groups in total. The van der Waals surface area contributed by atoms with Crippen molar-refractivity contribution in [3.8, 4) is 0 Å². The molecule has 1 aromatic carbocycles. The normalized spacial score (nSPS) is 19.2. The van der Waals surface area contributed by atoms with Gasteiger partial charge < -0.3 is 5.32 Å². The predicted molar refractivity (Wildman–Crippen MR) is 77.3 cm³/mol. The molecule has 0 radical (unpaired) electrons. The topological polar surface area (TPSA) is 15.3 Å². The molecule has 0 aliphatic heterocycles. The molecule has 0 spiro atoms. The van der Waals surface area contributed by atoms with Gasteiger partial charge in [-0.1, -0.05) is 11.6 Å². The lowest BCUT2D eigenvalue weighted by Gasteiger charge is -2.22. The Balaban J connectivity index is 1.43. The fourth-order valence-electron chi connectivity index (χ4n) is 2.41. The van der Waals surface area contributed by atoms with Crippen molar-refractivity contribution in [3.63, 3.8) is 0 Å². The van der Waals surface area contributed by atoms with Crippen LogP contribution in [0, 0.1) is 5.92 Å². The third kappa shape index (κ3) is 3.63. The van der Waals surface area contributed by atoms with E-state index in [1.54, 1.807) is 0 Å². The van der Waals surface area contributed by atoms with Gasteiger partial charge in [-0.15, -0.1) is 0 Å². The van der Waals surface area contributed by atoms with Gasteiger partial charge in [-0.05, 0) is 55.9 Å². The molecule has 2 nitrogen and oxygen atoms in total. The SMILES string of the molecule is Clc1ccc(NCCN(CC2CC2)C2CC2)cc1. The average molecular weight is 265 g/mol. The Kier molecular flexibility index (Phi) is 3.76. The van der Waals surface area contributed by atoms with Gasteiger partial charge >= 0.3 is 0 Å². The maximum absolute atomic E-state index is 5.87. The highest BCUT2D eigenvalue weighted by Crippen LogP contribution is 2.34. The first kappa shape index (κ1) is 12.3. The Morgan fingerprint density at radius 2 is 1.83 bits per heavy atom. The summed E-state index contributed by atoms with van der Waals surface area (Å²) < 4.78 is 0. The first-order chi connectivity index (χ1) is 8.81. The molecule has 0 unspecified atom stereocenters. The number of benzene rings is 1. The fraction of sp³-hybridized carbons (Fsp3) is 0.600. The lowest BCUT2D eigenvalue weighted by molar-refractivity contribution is 0.262. The Morgan fingerprint density at radius 3 is 2.44 bits per heavy atom. The summed E-state index contributed by atoms with van der Waals surface area (Å²) in [5, 5.41) is 4.28. The van der Waals surface area contributed by atoms with E-state index in [0.29, 0.717) is 0 Å². The third-order valence-electron chi connectivity index (χ3n) is 3.83. The van der Waals surface area contributed by atoms with Crippen LogP contribution < -0.4 is 5.32 Å². The van der Waals surface area contributed by atoms with Gasteiger partial charge in [-0.2, -0.15) is 0 Å². The number of anilines is 1. The monoisotopic (exact) mass is 264 g/mol. The summed E-state index contributed by atoms with van der Waals surface area (Å²) in [6, 6.07) is 8.85. The molecule has 0 bridgehead atoms. The number of hydrogen-bond acceptors (Lipinski definition) is 2. The molecule has 2 fully saturated rings. The van der Waals surface area contributed by atoms with Crippen molar-refractivity contribution < 1.29 is 0 Å². The van der Waals surface area contributed by atoms with Gasteiger partial charge in [0.05, 0.1) is 0 Å². The van der Waals surface area contributed by atoms with Crippen molar-refractivity contribution in [2.45, 2.75) is 31.7 Å². The largest absolute Gasteiger partial charge is 0.384 e. The third-order valence-corrected chi connectivity index (χ3v) is 4.08. The van der Waals surface area contributed by atoms with Crippen LogP contribution in [0.4, 0.5) is 5.69 Å². The van der Waals surface area contributed by atoms with Crippen molar-refractivity contribution in [2.75, 3.05) is 25.0 Å².